The van der Waals surface area contributed by atoms with E-state index in [9.17, 15) is 0 Å². The lowest BCUT2D eigenvalue weighted by atomic mass is 10.6. The maximum absolute atomic E-state index is 2.27. The van der Waals surface area contributed by atoms with Crippen LogP contribution in [0, 0.1) is 0 Å². The van der Waals surface area contributed by atoms with Crippen LogP contribution in [0.15, 0.2) is 0 Å². The number of rotatable bonds is 2. The van der Waals surface area contributed by atoms with Gasteiger partial charge in [0.25, 0.3) is 0 Å². The van der Waals surface area contributed by atoms with Crippen molar-refractivity contribution in [2.75, 3.05) is 26.2 Å². The molecule has 1 rings (SSSR count). The molecule has 0 aromatic heterocycles. The Morgan fingerprint density at radius 1 is 1.14 bits per heavy atom. The lowest BCUT2D eigenvalue weighted by molar-refractivity contribution is -0.795. The van der Waals surface area contributed by atoms with Crippen LogP contribution >= 0.6 is 0 Å². The Kier molecular flexibility index (Phi) is 1.08. The summed E-state index contributed by atoms with van der Waals surface area (Å²) >= 11 is 0. The summed E-state index contributed by atoms with van der Waals surface area (Å²) in [7, 11) is 0. The van der Waals surface area contributed by atoms with Crippen LogP contribution in [0.3, 0.4) is 0 Å². The summed E-state index contributed by atoms with van der Waals surface area (Å²) in [6.07, 6.45) is 0. The van der Waals surface area contributed by atoms with Gasteiger partial charge in [-0.2, -0.15) is 0 Å². The molecule has 1 heterocycles. The van der Waals surface area contributed by atoms with E-state index in [0.29, 0.717) is 0 Å². The van der Waals surface area contributed by atoms with E-state index in [4.69, 9.17) is 0 Å². The molecular formula is C6H14N+. The van der Waals surface area contributed by atoms with E-state index in [2.05, 4.69) is 13.8 Å². The van der Waals surface area contributed by atoms with Gasteiger partial charge in [-0.05, 0) is 13.8 Å². The van der Waals surface area contributed by atoms with Crippen molar-refractivity contribution in [1.29, 1.82) is 0 Å². The van der Waals surface area contributed by atoms with Gasteiger partial charge in [-0.15, -0.1) is 0 Å². The highest BCUT2D eigenvalue weighted by Gasteiger charge is 2.37. The van der Waals surface area contributed by atoms with Gasteiger partial charge < -0.3 is 4.48 Å². The van der Waals surface area contributed by atoms with Crippen LogP contribution in [-0.2, 0) is 0 Å². The molecule has 1 fully saturated rings. The summed E-state index contributed by atoms with van der Waals surface area (Å²) in [5, 5.41) is 0. The molecule has 0 aromatic rings. The average Bonchev–Trinajstić information content (AvgIpc) is 2.46. The van der Waals surface area contributed by atoms with Crippen LogP contribution in [0.5, 0.6) is 0 Å². The van der Waals surface area contributed by atoms with Crippen molar-refractivity contribution in [3.63, 3.8) is 0 Å². The van der Waals surface area contributed by atoms with E-state index in [1.165, 1.54) is 30.7 Å². The Morgan fingerprint density at radius 2 is 1.57 bits per heavy atom. The predicted molar refractivity (Wildman–Crippen MR) is 31.1 cm³/mol. The summed E-state index contributed by atoms with van der Waals surface area (Å²) in [5.74, 6) is 0. The quantitative estimate of drug-likeness (QED) is 0.356. The predicted octanol–water partition coefficient (Wildman–Crippen LogP) is 0.857. The first-order valence-electron chi connectivity index (χ1n) is 3.18. The van der Waals surface area contributed by atoms with Gasteiger partial charge in [0.1, 0.15) is 13.1 Å². The average molecular weight is 100 g/mol. The summed E-state index contributed by atoms with van der Waals surface area (Å²) in [6.45, 7) is 10.1. The maximum atomic E-state index is 2.27. The lowest BCUT2D eigenvalue weighted by Crippen LogP contribution is -2.24. The van der Waals surface area contributed by atoms with E-state index in [-0.39, 0.29) is 0 Å². The van der Waals surface area contributed by atoms with Crippen molar-refractivity contribution in [1.82, 2.24) is 0 Å². The molecule has 0 aliphatic carbocycles. The zero-order valence-corrected chi connectivity index (χ0v) is 5.28. The van der Waals surface area contributed by atoms with Gasteiger partial charge in [0, 0.05) is 0 Å². The lowest BCUT2D eigenvalue weighted by Gasteiger charge is -2.11. The highest BCUT2D eigenvalue weighted by Crippen LogP contribution is 2.18. The fourth-order valence-corrected chi connectivity index (χ4v) is 0.997. The third-order valence-corrected chi connectivity index (χ3v) is 2.20. The van der Waals surface area contributed by atoms with Crippen molar-refractivity contribution in [2.45, 2.75) is 13.8 Å². The summed E-state index contributed by atoms with van der Waals surface area (Å²) in [6, 6.07) is 0. The molecule has 0 bridgehead atoms. The summed E-state index contributed by atoms with van der Waals surface area (Å²) < 4.78 is 1.39. The monoisotopic (exact) mass is 100 g/mol. The molecule has 1 saturated heterocycles. The van der Waals surface area contributed by atoms with Gasteiger partial charge in [-0.25, -0.2) is 0 Å². The van der Waals surface area contributed by atoms with Crippen LogP contribution in [-0.4, -0.2) is 30.7 Å². The minimum atomic E-state index is 1.34. The molecule has 1 aliphatic heterocycles. The molecule has 7 heavy (non-hydrogen) atoms. The molecule has 0 saturated carbocycles. The van der Waals surface area contributed by atoms with Crippen molar-refractivity contribution >= 4 is 0 Å². The number of likely N-dealkylation sites (N-methyl/N-ethyl adjacent to an activating group) is 1. The molecule has 0 atom stereocenters. The SMILES string of the molecule is CC[N+]1(CC)CC1. The van der Waals surface area contributed by atoms with Crippen molar-refractivity contribution in [3.8, 4) is 0 Å². The fraction of sp³-hybridized carbons (Fsp3) is 1.00. The first-order valence-corrected chi connectivity index (χ1v) is 3.18. The molecule has 0 radical (unpaired) electrons. The minimum absolute atomic E-state index is 1.34. The Bertz CT molecular complexity index is 58.6. The van der Waals surface area contributed by atoms with Gasteiger partial charge in [-0.1, -0.05) is 0 Å². The van der Waals surface area contributed by atoms with Crippen LogP contribution in [0.25, 0.3) is 0 Å². The topological polar surface area (TPSA) is 0 Å². The highest BCUT2D eigenvalue weighted by molar-refractivity contribution is 4.51. The van der Waals surface area contributed by atoms with Crippen LogP contribution in [0.1, 0.15) is 13.8 Å². The van der Waals surface area contributed by atoms with Gasteiger partial charge in [0.2, 0.25) is 0 Å². The molecule has 0 spiro atoms. The molecule has 0 amide bonds. The van der Waals surface area contributed by atoms with Gasteiger partial charge in [0.15, 0.2) is 0 Å². The van der Waals surface area contributed by atoms with E-state index < -0.39 is 0 Å². The largest absolute Gasteiger partial charge is 0.315 e. The van der Waals surface area contributed by atoms with Crippen LogP contribution in [0.4, 0.5) is 0 Å². The third kappa shape index (κ3) is 0.778. The second-order valence-electron chi connectivity index (χ2n) is 2.42. The van der Waals surface area contributed by atoms with E-state index in [0.717, 1.165) is 0 Å². The van der Waals surface area contributed by atoms with E-state index in [1.807, 2.05) is 0 Å². The summed E-state index contributed by atoms with van der Waals surface area (Å²) in [5.41, 5.74) is 0. The van der Waals surface area contributed by atoms with Gasteiger partial charge in [-0.3, -0.25) is 0 Å². The second kappa shape index (κ2) is 1.48. The Hall–Kier alpha value is -0.0400. The van der Waals surface area contributed by atoms with Crippen molar-refractivity contribution in [2.24, 2.45) is 0 Å². The molecule has 0 aromatic carbocycles. The maximum Gasteiger partial charge on any atom is 0.129 e. The molecule has 0 unspecified atom stereocenters. The molecular weight excluding hydrogens is 86.1 g/mol. The zero-order valence-electron chi connectivity index (χ0n) is 5.28. The van der Waals surface area contributed by atoms with Crippen LogP contribution < -0.4 is 0 Å². The number of hydrogen-bond donors (Lipinski definition) is 0. The van der Waals surface area contributed by atoms with E-state index in [1.54, 1.807) is 0 Å². The van der Waals surface area contributed by atoms with Gasteiger partial charge in [0.05, 0.1) is 13.1 Å². The standard InChI is InChI=1S/C6H14N/c1-3-7(4-2)5-6-7/h3-6H2,1-2H3/q+1. The Balaban J connectivity index is 2.28. The zero-order chi connectivity index (χ0) is 5.33. The minimum Gasteiger partial charge on any atom is -0.315 e. The molecule has 1 aliphatic rings. The molecule has 1 nitrogen and oxygen atoms in total. The van der Waals surface area contributed by atoms with Gasteiger partial charge >= 0.3 is 0 Å². The van der Waals surface area contributed by atoms with Crippen molar-refractivity contribution in [3.05, 3.63) is 0 Å². The smallest absolute Gasteiger partial charge is 0.129 e. The normalized spacial score (nSPS) is 24.9. The number of nitrogens with zero attached hydrogens (tertiary/aromatic N) is 1. The Labute approximate surface area is 45.5 Å². The number of quaternary nitrogens is 1. The fourth-order valence-electron chi connectivity index (χ4n) is 0.997. The molecule has 1 heteroatoms. The summed E-state index contributed by atoms with van der Waals surface area (Å²) in [4.78, 5) is 0. The Morgan fingerprint density at radius 3 is 1.57 bits per heavy atom. The second-order valence-corrected chi connectivity index (χ2v) is 2.42. The van der Waals surface area contributed by atoms with Crippen molar-refractivity contribution < 1.29 is 4.48 Å². The first-order chi connectivity index (χ1) is 3.33. The van der Waals surface area contributed by atoms with Crippen LogP contribution in [0.2, 0.25) is 0 Å². The first kappa shape index (κ1) is 5.10. The molecule has 42 valence electrons. The number of hydrogen-bond acceptors (Lipinski definition) is 0. The van der Waals surface area contributed by atoms with E-state index >= 15 is 0 Å². The third-order valence-electron chi connectivity index (χ3n) is 2.20. The highest BCUT2D eigenvalue weighted by atomic mass is 15.5. The molecule has 0 N–H and O–H groups in total.